The number of nitrogens with zero attached hydrogens (tertiary/aromatic N) is 1. The molecule has 2 aliphatic rings. The third-order valence-electron chi connectivity index (χ3n) is 5.00. The van der Waals surface area contributed by atoms with Crippen LogP contribution in [0.5, 0.6) is 0 Å². The Bertz CT molecular complexity index is 581. The van der Waals surface area contributed by atoms with E-state index >= 15 is 0 Å². The summed E-state index contributed by atoms with van der Waals surface area (Å²) in [5, 5.41) is 5.56. The van der Waals surface area contributed by atoms with Crippen molar-refractivity contribution < 1.29 is 9.59 Å². The van der Waals surface area contributed by atoms with Crippen LogP contribution in [0.4, 0.5) is 5.69 Å². The second-order valence-electron chi connectivity index (χ2n) is 6.66. The van der Waals surface area contributed by atoms with E-state index in [1.807, 2.05) is 25.1 Å². The lowest BCUT2D eigenvalue weighted by molar-refractivity contribution is -0.136. The van der Waals surface area contributed by atoms with E-state index in [4.69, 9.17) is 0 Å². The van der Waals surface area contributed by atoms with Gasteiger partial charge in [-0.1, -0.05) is 31.0 Å². The number of carbonyl (C=O) groups is 2. The summed E-state index contributed by atoms with van der Waals surface area (Å²) in [5.74, 6) is -1.12. The number of amides is 2. The molecule has 1 heterocycles. The Balaban J connectivity index is 1.49. The zero-order chi connectivity index (χ0) is 16.2. The van der Waals surface area contributed by atoms with E-state index in [9.17, 15) is 9.59 Å². The molecule has 1 aliphatic heterocycles. The molecule has 0 bridgehead atoms. The SMILES string of the molecule is Cc1ccccc1NC(=O)C(=O)N[C@H]1CCN(C2CCCC2)C1. The van der Waals surface area contributed by atoms with Crippen molar-refractivity contribution >= 4 is 17.5 Å². The van der Waals surface area contributed by atoms with Gasteiger partial charge in [0.1, 0.15) is 0 Å². The molecule has 1 aliphatic carbocycles. The lowest BCUT2D eigenvalue weighted by atomic mass is 10.2. The molecule has 0 unspecified atom stereocenters. The second kappa shape index (κ2) is 7.13. The highest BCUT2D eigenvalue weighted by atomic mass is 16.2. The molecule has 2 N–H and O–H groups in total. The second-order valence-corrected chi connectivity index (χ2v) is 6.66. The predicted octanol–water partition coefficient (Wildman–Crippen LogP) is 2.07. The lowest BCUT2D eigenvalue weighted by Gasteiger charge is -2.23. The normalized spacial score (nSPS) is 22.2. The van der Waals surface area contributed by atoms with Gasteiger partial charge in [0.15, 0.2) is 0 Å². The maximum absolute atomic E-state index is 12.1. The minimum atomic E-state index is -0.585. The summed E-state index contributed by atoms with van der Waals surface area (Å²) in [6.45, 7) is 3.80. The zero-order valence-electron chi connectivity index (χ0n) is 13.7. The third-order valence-corrected chi connectivity index (χ3v) is 5.00. The van der Waals surface area contributed by atoms with Crippen molar-refractivity contribution in [3.05, 3.63) is 29.8 Å². The average molecular weight is 315 g/mol. The number of para-hydroxylation sites is 1. The van der Waals surface area contributed by atoms with Crippen molar-refractivity contribution in [2.75, 3.05) is 18.4 Å². The van der Waals surface area contributed by atoms with Crippen LogP contribution < -0.4 is 10.6 Å². The standard InChI is InChI=1S/C18H25N3O2/c1-13-6-2-5-9-16(13)20-18(23)17(22)19-14-10-11-21(12-14)15-7-3-4-8-15/h2,5-6,9,14-15H,3-4,7-8,10-12H2,1H3,(H,19,22)(H,20,23)/t14-/m0/s1. The summed E-state index contributed by atoms with van der Waals surface area (Å²) in [6.07, 6.45) is 6.11. The molecule has 0 spiro atoms. The number of carbonyl (C=O) groups excluding carboxylic acids is 2. The van der Waals surface area contributed by atoms with Gasteiger partial charge in [0, 0.05) is 30.9 Å². The topological polar surface area (TPSA) is 61.4 Å². The van der Waals surface area contributed by atoms with E-state index in [1.54, 1.807) is 6.07 Å². The molecule has 1 aromatic rings. The summed E-state index contributed by atoms with van der Waals surface area (Å²) in [4.78, 5) is 26.6. The van der Waals surface area contributed by atoms with Crippen LogP contribution in [0, 0.1) is 6.92 Å². The number of anilines is 1. The molecule has 5 heteroatoms. The van der Waals surface area contributed by atoms with Crippen molar-refractivity contribution in [1.82, 2.24) is 10.2 Å². The maximum atomic E-state index is 12.1. The van der Waals surface area contributed by atoms with E-state index in [0.29, 0.717) is 11.7 Å². The number of rotatable bonds is 3. The predicted molar refractivity (Wildman–Crippen MR) is 90.2 cm³/mol. The Morgan fingerprint density at radius 1 is 1.09 bits per heavy atom. The molecule has 1 saturated heterocycles. The minimum absolute atomic E-state index is 0.0886. The van der Waals surface area contributed by atoms with Crippen molar-refractivity contribution in [2.24, 2.45) is 0 Å². The Kier molecular flexibility index (Phi) is 4.96. The van der Waals surface area contributed by atoms with Crippen LogP contribution in [0.25, 0.3) is 0 Å². The smallest absolute Gasteiger partial charge is 0.313 e. The average Bonchev–Trinajstić information content (AvgIpc) is 3.20. The first-order valence-electron chi connectivity index (χ1n) is 8.55. The van der Waals surface area contributed by atoms with Gasteiger partial charge in [-0.25, -0.2) is 0 Å². The van der Waals surface area contributed by atoms with Gasteiger partial charge >= 0.3 is 11.8 Å². The molecule has 0 aromatic heterocycles. The third kappa shape index (κ3) is 3.91. The summed E-state index contributed by atoms with van der Waals surface area (Å²) in [6, 6.07) is 8.23. The first-order chi connectivity index (χ1) is 11.1. The van der Waals surface area contributed by atoms with Gasteiger partial charge in [-0.2, -0.15) is 0 Å². The lowest BCUT2D eigenvalue weighted by Crippen LogP contribution is -2.44. The van der Waals surface area contributed by atoms with E-state index in [1.165, 1.54) is 25.7 Å². The summed E-state index contributed by atoms with van der Waals surface area (Å²) >= 11 is 0. The molecule has 3 rings (SSSR count). The zero-order valence-corrected chi connectivity index (χ0v) is 13.7. The Hall–Kier alpha value is -1.88. The number of likely N-dealkylation sites (tertiary alicyclic amines) is 1. The Morgan fingerprint density at radius 3 is 2.57 bits per heavy atom. The molecule has 5 nitrogen and oxygen atoms in total. The van der Waals surface area contributed by atoms with E-state index in [-0.39, 0.29) is 6.04 Å². The molecule has 23 heavy (non-hydrogen) atoms. The summed E-state index contributed by atoms with van der Waals surface area (Å²) in [7, 11) is 0. The largest absolute Gasteiger partial charge is 0.344 e. The number of hydrogen-bond acceptors (Lipinski definition) is 3. The van der Waals surface area contributed by atoms with Gasteiger partial charge in [-0.05, 0) is 37.8 Å². The van der Waals surface area contributed by atoms with Crippen molar-refractivity contribution in [1.29, 1.82) is 0 Å². The van der Waals surface area contributed by atoms with Gasteiger partial charge in [0.25, 0.3) is 0 Å². The van der Waals surface area contributed by atoms with Crippen molar-refractivity contribution in [3.8, 4) is 0 Å². The van der Waals surface area contributed by atoms with Crippen LogP contribution in [-0.2, 0) is 9.59 Å². The van der Waals surface area contributed by atoms with E-state index in [2.05, 4.69) is 15.5 Å². The first-order valence-corrected chi connectivity index (χ1v) is 8.55. The van der Waals surface area contributed by atoms with Crippen LogP contribution >= 0.6 is 0 Å². The summed E-state index contributed by atoms with van der Waals surface area (Å²) < 4.78 is 0. The van der Waals surface area contributed by atoms with Crippen LogP contribution in [0.2, 0.25) is 0 Å². The quantitative estimate of drug-likeness (QED) is 0.840. The summed E-state index contributed by atoms with van der Waals surface area (Å²) in [5.41, 5.74) is 1.63. The molecule has 1 atom stereocenters. The van der Waals surface area contributed by atoms with Crippen LogP contribution in [0.3, 0.4) is 0 Å². The molecular formula is C18H25N3O2. The van der Waals surface area contributed by atoms with E-state index < -0.39 is 11.8 Å². The van der Waals surface area contributed by atoms with Crippen LogP contribution in [0.1, 0.15) is 37.7 Å². The fourth-order valence-corrected chi connectivity index (χ4v) is 3.65. The fourth-order valence-electron chi connectivity index (χ4n) is 3.65. The number of aryl methyl sites for hydroxylation is 1. The Labute approximate surface area is 137 Å². The highest BCUT2D eigenvalue weighted by Gasteiger charge is 2.31. The number of hydrogen-bond donors (Lipinski definition) is 2. The molecular weight excluding hydrogens is 290 g/mol. The molecule has 2 amide bonds. The van der Waals surface area contributed by atoms with E-state index in [0.717, 1.165) is 25.1 Å². The van der Waals surface area contributed by atoms with Crippen LogP contribution in [0.15, 0.2) is 24.3 Å². The van der Waals surface area contributed by atoms with Gasteiger partial charge in [-0.15, -0.1) is 0 Å². The molecule has 0 radical (unpaired) electrons. The molecule has 1 aromatic carbocycles. The maximum Gasteiger partial charge on any atom is 0.313 e. The van der Waals surface area contributed by atoms with Gasteiger partial charge in [0.05, 0.1) is 0 Å². The number of nitrogens with one attached hydrogen (secondary N) is 2. The first kappa shape index (κ1) is 16.0. The van der Waals surface area contributed by atoms with Crippen molar-refractivity contribution in [3.63, 3.8) is 0 Å². The molecule has 2 fully saturated rings. The highest BCUT2D eigenvalue weighted by molar-refractivity contribution is 6.39. The Morgan fingerprint density at radius 2 is 1.83 bits per heavy atom. The molecule has 1 saturated carbocycles. The monoisotopic (exact) mass is 315 g/mol. The highest BCUT2D eigenvalue weighted by Crippen LogP contribution is 2.26. The molecule has 124 valence electrons. The fraction of sp³-hybridized carbons (Fsp3) is 0.556. The number of benzene rings is 1. The van der Waals surface area contributed by atoms with Gasteiger partial charge in [-0.3, -0.25) is 14.5 Å². The van der Waals surface area contributed by atoms with Gasteiger partial charge in [0.2, 0.25) is 0 Å². The minimum Gasteiger partial charge on any atom is -0.344 e. The van der Waals surface area contributed by atoms with Gasteiger partial charge < -0.3 is 10.6 Å². The van der Waals surface area contributed by atoms with Crippen molar-refractivity contribution in [2.45, 2.75) is 51.1 Å². The van der Waals surface area contributed by atoms with Crippen LogP contribution in [-0.4, -0.2) is 41.9 Å².